The number of benzene rings is 2. The summed E-state index contributed by atoms with van der Waals surface area (Å²) < 4.78 is 5.22. The number of ether oxygens (including phenoxy) is 1. The topological polar surface area (TPSA) is 36.3 Å². The molecule has 0 unspecified atom stereocenters. The zero-order chi connectivity index (χ0) is 14.0. The summed E-state index contributed by atoms with van der Waals surface area (Å²) in [5.41, 5.74) is 0.504. The molecule has 2 rings (SSSR count). The number of nitrogens with zero attached hydrogens (tertiary/aromatic N) is 2. The van der Waals surface area contributed by atoms with Gasteiger partial charge in [0.05, 0.1) is 13.2 Å². The van der Waals surface area contributed by atoms with Crippen LogP contribution in [0.25, 0.3) is 10.8 Å². The van der Waals surface area contributed by atoms with Crippen molar-refractivity contribution in [1.82, 2.24) is 0 Å². The lowest BCUT2D eigenvalue weighted by atomic mass is 10.0. The standard InChI is InChI=1S/C16H18N2O/c1-16(2,11-17)18(3)14-7-5-13-10-15(19-4)8-6-12(13)9-14/h5-10H,1-4H3. The van der Waals surface area contributed by atoms with Gasteiger partial charge in [-0.25, -0.2) is 0 Å². The highest BCUT2D eigenvalue weighted by atomic mass is 16.5. The van der Waals surface area contributed by atoms with Crippen molar-refractivity contribution in [2.75, 3.05) is 19.1 Å². The minimum atomic E-state index is -0.528. The van der Waals surface area contributed by atoms with Crippen LogP contribution in [0.3, 0.4) is 0 Å². The number of rotatable bonds is 3. The van der Waals surface area contributed by atoms with Crippen LogP contribution in [-0.2, 0) is 0 Å². The van der Waals surface area contributed by atoms with Crippen molar-refractivity contribution in [3.05, 3.63) is 36.4 Å². The predicted molar refractivity (Wildman–Crippen MR) is 78.6 cm³/mol. The molecule has 0 radical (unpaired) electrons. The summed E-state index contributed by atoms with van der Waals surface area (Å²) in [5.74, 6) is 0.853. The van der Waals surface area contributed by atoms with Crippen molar-refractivity contribution < 1.29 is 4.74 Å². The third kappa shape index (κ3) is 2.48. The number of methoxy groups -OCH3 is 1. The first-order valence-corrected chi connectivity index (χ1v) is 6.21. The van der Waals surface area contributed by atoms with Gasteiger partial charge >= 0.3 is 0 Å². The van der Waals surface area contributed by atoms with Crippen LogP contribution in [0.15, 0.2) is 36.4 Å². The molecule has 3 heteroatoms. The molecule has 2 aromatic rings. The normalized spacial score (nSPS) is 11.1. The van der Waals surface area contributed by atoms with E-state index in [-0.39, 0.29) is 0 Å². The second-order valence-electron chi connectivity index (χ2n) is 5.13. The molecule has 0 aliphatic heterocycles. The quantitative estimate of drug-likeness (QED) is 0.839. The first-order valence-electron chi connectivity index (χ1n) is 6.21. The third-order valence-electron chi connectivity index (χ3n) is 3.53. The van der Waals surface area contributed by atoms with Crippen molar-refractivity contribution >= 4 is 16.5 Å². The maximum absolute atomic E-state index is 9.20. The number of nitriles is 1. The van der Waals surface area contributed by atoms with Gasteiger partial charge in [-0.1, -0.05) is 12.1 Å². The Morgan fingerprint density at radius 2 is 1.74 bits per heavy atom. The van der Waals surface area contributed by atoms with Crippen molar-refractivity contribution in [3.63, 3.8) is 0 Å². The molecule has 0 bridgehead atoms. The molecule has 0 aromatic heterocycles. The van der Waals surface area contributed by atoms with Crippen LogP contribution in [-0.4, -0.2) is 19.7 Å². The molecule has 0 aliphatic carbocycles. The fourth-order valence-corrected chi connectivity index (χ4v) is 1.94. The Morgan fingerprint density at radius 3 is 2.37 bits per heavy atom. The van der Waals surface area contributed by atoms with Crippen molar-refractivity contribution in [3.8, 4) is 11.8 Å². The summed E-state index contributed by atoms with van der Waals surface area (Å²) in [5, 5.41) is 11.5. The Kier molecular flexibility index (Phi) is 3.35. The second-order valence-corrected chi connectivity index (χ2v) is 5.13. The summed E-state index contributed by atoms with van der Waals surface area (Å²) in [6, 6.07) is 14.5. The Morgan fingerprint density at radius 1 is 1.11 bits per heavy atom. The largest absolute Gasteiger partial charge is 0.497 e. The lowest BCUT2D eigenvalue weighted by Gasteiger charge is -2.31. The first-order chi connectivity index (χ1) is 8.97. The molecule has 0 amide bonds. The van der Waals surface area contributed by atoms with Gasteiger partial charge in [-0.15, -0.1) is 0 Å². The zero-order valence-corrected chi connectivity index (χ0v) is 11.8. The number of hydrogen-bond donors (Lipinski definition) is 0. The van der Waals surface area contributed by atoms with E-state index in [9.17, 15) is 5.26 Å². The molecule has 19 heavy (non-hydrogen) atoms. The van der Waals surface area contributed by atoms with Crippen molar-refractivity contribution in [2.45, 2.75) is 19.4 Å². The van der Waals surface area contributed by atoms with Crippen molar-refractivity contribution in [2.24, 2.45) is 0 Å². The molecule has 0 heterocycles. The van der Waals surface area contributed by atoms with E-state index in [1.807, 2.05) is 50.1 Å². The Balaban J connectivity index is 2.46. The van der Waals surface area contributed by atoms with Gasteiger partial charge in [0.25, 0.3) is 0 Å². The SMILES string of the molecule is COc1ccc2cc(N(C)C(C)(C)C#N)ccc2c1. The molecular formula is C16H18N2O. The fraction of sp³-hybridized carbons (Fsp3) is 0.312. The number of fused-ring (bicyclic) bond motifs is 1. The third-order valence-corrected chi connectivity index (χ3v) is 3.53. The van der Waals surface area contributed by atoms with Crippen LogP contribution in [0.1, 0.15) is 13.8 Å². The van der Waals surface area contributed by atoms with Gasteiger partial charge in [-0.3, -0.25) is 0 Å². The smallest absolute Gasteiger partial charge is 0.121 e. The van der Waals surface area contributed by atoms with E-state index in [0.29, 0.717) is 0 Å². The van der Waals surface area contributed by atoms with Crippen LogP contribution < -0.4 is 9.64 Å². The Hall–Kier alpha value is -2.21. The molecule has 0 atom stereocenters. The molecular weight excluding hydrogens is 236 g/mol. The van der Waals surface area contributed by atoms with E-state index in [1.165, 1.54) is 0 Å². The highest BCUT2D eigenvalue weighted by Crippen LogP contribution is 2.28. The molecule has 0 aliphatic rings. The summed E-state index contributed by atoms with van der Waals surface area (Å²) in [6.45, 7) is 3.82. The van der Waals surface area contributed by atoms with Crippen LogP contribution in [0.5, 0.6) is 5.75 Å². The maximum atomic E-state index is 9.20. The zero-order valence-electron chi connectivity index (χ0n) is 11.8. The lowest BCUT2D eigenvalue weighted by molar-refractivity contribution is 0.415. The second kappa shape index (κ2) is 4.81. The van der Waals surface area contributed by atoms with E-state index in [0.717, 1.165) is 22.2 Å². The molecule has 0 spiro atoms. The van der Waals surface area contributed by atoms with E-state index >= 15 is 0 Å². The lowest BCUT2D eigenvalue weighted by Crippen LogP contribution is -2.39. The average molecular weight is 254 g/mol. The van der Waals surface area contributed by atoms with Gasteiger partial charge in [0.15, 0.2) is 0 Å². The fourth-order valence-electron chi connectivity index (χ4n) is 1.94. The summed E-state index contributed by atoms with van der Waals surface area (Å²) in [4.78, 5) is 1.98. The number of anilines is 1. The Bertz CT molecular complexity index is 641. The van der Waals surface area contributed by atoms with Crippen molar-refractivity contribution in [1.29, 1.82) is 5.26 Å². The molecule has 0 N–H and O–H groups in total. The van der Waals surface area contributed by atoms with Gasteiger partial charge in [-0.05, 0) is 48.9 Å². The monoisotopic (exact) mass is 254 g/mol. The summed E-state index contributed by atoms with van der Waals surface area (Å²) >= 11 is 0. The minimum absolute atomic E-state index is 0.528. The summed E-state index contributed by atoms with van der Waals surface area (Å²) in [7, 11) is 3.60. The van der Waals surface area contributed by atoms with E-state index in [2.05, 4.69) is 18.2 Å². The maximum Gasteiger partial charge on any atom is 0.121 e. The van der Waals surface area contributed by atoms with Crippen LogP contribution in [0, 0.1) is 11.3 Å². The molecule has 2 aromatic carbocycles. The van der Waals surface area contributed by atoms with Crippen LogP contribution in [0.2, 0.25) is 0 Å². The molecule has 3 nitrogen and oxygen atoms in total. The molecule has 0 saturated heterocycles. The number of hydrogen-bond acceptors (Lipinski definition) is 3. The van der Waals surface area contributed by atoms with Crippen LogP contribution in [0.4, 0.5) is 5.69 Å². The van der Waals surface area contributed by atoms with Gasteiger partial charge in [0.1, 0.15) is 11.3 Å². The minimum Gasteiger partial charge on any atom is -0.497 e. The van der Waals surface area contributed by atoms with E-state index < -0.39 is 5.54 Å². The van der Waals surface area contributed by atoms with E-state index in [4.69, 9.17) is 4.74 Å². The molecule has 98 valence electrons. The van der Waals surface area contributed by atoms with Gasteiger partial charge < -0.3 is 9.64 Å². The molecule has 0 saturated carbocycles. The first kappa shape index (κ1) is 13.2. The average Bonchev–Trinajstić information content (AvgIpc) is 2.45. The highest BCUT2D eigenvalue weighted by Gasteiger charge is 2.23. The molecule has 0 fully saturated rings. The van der Waals surface area contributed by atoms with Crippen LogP contribution >= 0.6 is 0 Å². The van der Waals surface area contributed by atoms with E-state index in [1.54, 1.807) is 7.11 Å². The van der Waals surface area contributed by atoms with Gasteiger partial charge in [0, 0.05) is 12.7 Å². The summed E-state index contributed by atoms with van der Waals surface area (Å²) in [6.07, 6.45) is 0. The van der Waals surface area contributed by atoms with Gasteiger partial charge in [-0.2, -0.15) is 5.26 Å². The highest BCUT2D eigenvalue weighted by molar-refractivity contribution is 5.87. The van der Waals surface area contributed by atoms with Gasteiger partial charge in [0.2, 0.25) is 0 Å². The predicted octanol–water partition coefficient (Wildman–Crippen LogP) is 3.59. The Labute approximate surface area is 114 Å².